The predicted molar refractivity (Wildman–Crippen MR) is 149 cm³/mol. The van der Waals surface area contributed by atoms with Crippen molar-refractivity contribution in [3.8, 4) is 6.07 Å². The Balaban J connectivity index is 1.48. The summed E-state index contributed by atoms with van der Waals surface area (Å²) in [5, 5.41) is 9.91. The Morgan fingerprint density at radius 3 is 2.33 bits per heavy atom. The van der Waals surface area contributed by atoms with E-state index in [0.29, 0.717) is 0 Å². The van der Waals surface area contributed by atoms with Crippen LogP contribution < -0.4 is 0 Å². The van der Waals surface area contributed by atoms with Crippen LogP contribution in [0.2, 0.25) is 0 Å². The molecule has 5 nitrogen and oxygen atoms in total. The third-order valence-electron chi connectivity index (χ3n) is 13.2. The second kappa shape index (κ2) is 7.83. The molecule has 3 fully saturated rings. The lowest BCUT2D eigenvalue weighted by Crippen LogP contribution is -2.64. The Kier molecular flexibility index (Phi) is 5.37. The standard InChI is InChI=1S/C34H44N2O3/c1-20-19-36-28(39-20)31(5)12-11-30(4)13-14-34(8)26(22(30)17-31)23(37)15-25-32(6)16-21(18-35)27(38)29(2,3)24(32)9-10-33(25,34)7/h15-16,19,22,24,26H,9-14,17H2,1-8H3/t22-,24-,26-,30+,31-,32-,33+,34+/m0/s1. The Morgan fingerprint density at radius 1 is 1.00 bits per heavy atom. The first-order valence-corrected chi connectivity index (χ1v) is 14.9. The number of hydrogen-bond donors (Lipinski definition) is 0. The number of fused-ring (bicyclic) bond motifs is 7. The number of aromatic nitrogens is 1. The molecule has 5 heteroatoms. The average molecular weight is 529 g/mol. The predicted octanol–water partition coefficient (Wildman–Crippen LogP) is 7.45. The maximum Gasteiger partial charge on any atom is 0.200 e. The highest BCUT2D eigenvalue weighted by molar-refractivity contribution is 6.04. The van der Waals surface area contributed by atoms with E-state index >= 15 is 0 Å². The molecule has 0 saturated heterocycles. The van der Waals surface area contributed by atoms with Crippen LogP contribution in [0.1, 0.15) is 105 Å². The number of hydrogen-bond acceptors (Lipinski definition) is 5. The van der Waals surface area contributed by atoms with Gasteiger partial charge in [-0.15, -0.1) is 0 Å². The van der Waals surface area contributed by atoms with Gasteiger partial charge in [-0.1, -0.05) is 60.1 Å². The first-order valence-electron chi connectivity index (χ1n) is 14.9. The second-order valence-corrected chi connectivity index (χ2v) is 15.6. The van der Waals surface area contributed by atoms with Crippen LogP contribution in [0.5, 0.6) is 0 Å². The monoisotopic (exact) mass is 528 g/mol. The van der Waals surface area contributed by atoms with Crippen molar-refractivity contribution in [3.63, 3.8) is 0 Å². The molecule has 5 aliphatic rings. The highest BCUT2D eigenvalue weighted by Crippen LogP contribution is 2.74. The first kappa shape index (κ1) is 26.7. The molecule has 5 aliphatic carbocycles. The van der Waals surface area contributed by atoms with Gasteiger partial charge in [-0.2, -0.15) is 5.26 Å². The van der Waals surface area contributed by atoms with E-state index in [1.54, 1.807) is 0 Å². The maximum absolute atomic E-state index is 14.5. The summed E-state index contributed by atoms with van der Waals surface area (Å²) in [6.07, 6.45) is 12.8. The Morgan fingerprint density at radius 2 is 1.69 bits per heavy atom. The van der Waals surface area contributed by atoms with Gasteiger partial charge in [0.2, 0.25) is 0 Å². The van der Waals surface area contributed by atoms with Crippen molar-refractivity contribution in [1.82, 2.24) is 4.98 Å². The van der Waals surface area contributed by atoms with Crippen LogP contribution in [0.15, 0.2) is 33.9 Å². The van der Waals surface area contributed by atoms with E-state index in [1.807, 2.05) is 39.1 Å². The molecule has 1 aromatic rings. The number of Topliss-reactive ketones (excluding diaryl/α,β-unsaturated/α-hetero) is 1. The van der Waals surface area contributed by atoms with Crippen LogP contribution in [0, 0.1) is 63.1 Å². The number of allylic oxidation sites excluding steroid dienone is 4. The molecular weight excluding hydrogens is 484 g/mol. The molecule has 39 heavy (non-hydrogen) atoms. The minimum atomic E-state index is -0.637. The normalized spacial score (nSPS) is 46.6. The van der Waals surface area contributed by atoms with Crippen molar-refractivity contribution in [2.75, 3.05) is 0 Å². The summed E-state index contributed by atoms with van der Waals surface area (Å²) >= 11 is 0. The molecule has 0 N–H and O–H groups in total. The highest BCUT2D eigenvalue weighted by Gasteiger charge is 2.69. The fourth-order valence-corrected chi connectivity index (χ4v) is 10.5. The van der Waals surface area contributed by atoms with Gasteiger partial charge in [0.05, 0.1) is 11.8 Å². The topological polar surface area (TPSA) is 84.0 Å². The minimum Gasteiger partial charge on any atom is -0.445 e. The van der Waals surface area contributed by atoms with Crippen LogP contribution in [0.4, 0.5) is 0 Å². The van der Waals surface area contributed by atoms with Gasteiger partial charge < -0.3 is 4.42 Å². The largest absolute Gasteiger partial charge is 0.445 e. The molecule has 0 radical (unpaired) electrons. The fraction of sp³-hybridized carbons (Fsp3) is 0.706. The third-order valence-corrected chi connectivity index (χ3v) is 13.2. The zero-order chi connectivity index (χ0) is 28.4. The molecular formula is C34H44N2O3. The molecule has 0 amide bonds. The van der Waals surface area contributed by atoms with Gasteiger partial charge in [0.15, 0.2) is 17.5 Å². The average Bonchev–Trinajstić information content (AvgIpc) is 3.31. The zero-order valence-corrected chi connectivity index (χ0v) is 25.0. The lowest BCUT2D eigenvalue weighted by Gasteiger charge is -2.69. The first-order chi connectivity index (χ1) is 18.1. The summed E-state index contributed by atoms with van der Waals surface area (Å²) in [5.41, 5.74) is -0.139. The van der Waals surface area contributed by atoms with Gasteiger partial charge in [0, 0.05) is 22.2 Å². The van der Waals surface area contributed by atoms with Crippen LogP contribution in [-0.4, -0.2) is 16.6 Å². The van der Waals surface area contributed by atoms with E-state index in [4.69, 9.17) is 4.42 Å². The summed E-state index contributed by atoms with van der Waals surface area (Å²) in [6.45, 7) is 17.6. The van der Waals surface area contributed by atoms with Gasteiger partial charge in [-0.05, 0) is 86.0 Å². The van der Waals surface area contributed by atoms with Crippen molar-refractivity contribution in [2.45, 2.75) is 106 Å². The Bertz CT molecular complexity index is 1390. The molecule has 1 heterocycles. The summed E-state index contributed by atoms with van der Waals surface area (Å²) in [7, 11) is 0. The van der Waals surface area contributed by atoms with E-state index < -0.39 is 10.8 Å². The molecule has 0 aliphatic heterocycles. The number of carbonyl (C=O) groups excluding carboxylic acids is 2. The van der Waals surface area contributed by atoms with E-state index in [1.165, 1.54) is 0 Å². The van der Waals surface area contributed by atoms with Gasteiger partial charge in [-0.25, -0.2) is 4.98 Å². The fourth-order valence-electron chi connectivity index (χ4n) is 10.5. The number of ketones is 2. The second-order valence-electron chi connectivity index (χ2n) is 15.6. The molecule has 6 rings (SSSR count). The molecule has 0 aromatic carbocycles. The van der Waals surface area contributed by atoms with Crippen LogP contribution >= 0.6 is 0 Å². The molecule has 1 aromatic heterocycles. The summed E-state index contributed by atoms with van der Waals surface area (Å²) in [6, 6.07) is 2.21. The van der Waals surface area contributed by atoms with E-state index in [2.05, 4.69) is 45.7 Å². The van der Waals surface area contributed by atoms with Crippen molar-refractivity contribution in [3.05, 3.63) is 41.1 Å². The number of aryl methyl sites for hydroxylation is 1. The number of rotatable bonds is 1. The SMILES string of the molecule is Cc1cnc([C@@]2(C)CC[C@]3(C)CC[C@]4(C)[C@H](C(=O)C=C5[C@@]6(C)C=C(C#N)C(=O)C(C)(C)[C@@H]6CC[C@]54C)[C@@H]3C2)o1. The number of carbonyl (C=O) groups is 2. The summed E-state index contributed by atoms with van der Waals surface area (Å²) in [5.74, 6) is 2.11. The van der Waals surface area contributed by atoms with Crippen molar-refractivity contribution >= 4 is 11.6 Å². The maximum atomic E-state index is 14.5. The van der Waals surface area contributed by atoms with Crippen LogP contribution in [-0.2, 0) is 15.0 Å². The minimum absolute atomic E-state index is 0.0559. The number of oxazole rings is 1. The number of nitrogens with zero attached hydrogens (tertiary/aromatic N) is 2. The zero-order valence-electron chi connectivity index (χ0n) is 25.0. The van der Waals surface area contributed by atoms with Crippen molar-refractivity contribution in [2.24, 2.45) is 44.8 Å². The smallest absolute Gasteiger partial charge is 0.200 e. The molecule has 3 saturated carbocycles. The molecule has 0 spiro atoms. The van der Waals surface area contributed by atoms with Crippen LogP contribution in [0.3, 0.4) is 0 Å². The lowest BCUT2D eigenvalue weighted by atomic mass is 9.34. The lowest BCUT2D eigenvalue weighted by molar-refractivity contribution is -0.166. The highest BCUT2D eigenvalue weighted by atomic mass is 16.4. The molecule has 0 unspecified atom stereocenters. The van der Waals surface area contributed by atoms with E-state index in [-0.39, 0.29) is 56.6 Å². The molecule has 8 atom stereocenters. The molecule has 208 valence electrons. The van der Waals surface area contributed by atoms with Gasteiger partial charge >= 0.3 is 0 Å². The van der Waals surface area contributed by atoms with Crippen molar-refractivity contribution < 1.29 is 14.0 Å². The summed E-state index contributed by atoms with van der Waals surface area (Å²) < 4.78 is 6.09. The van der Waals surface area contributed by atoms with E-state index in [9.17, 15) is 14.9 Å². The summed E-state index contributed by atoms with van der Waals surface area (Å²) in [4.78, 5) is 32.4. The van der Waals surface area contributed by atoms with Crippen LogP contribution in [0.25, 0.3) is 0 Å². The van der Waals surface area contributed by atoms with Crippen molar-refractivity contribution in [1.29, 1.82) is 5.26 Å². The Labute approximate surface area is 233 Å². The quantitative estimate of drug-likeness (QED) is 0.378. The number of nitriles is 1. The van der Waals surface area contributed by atoms with E-state index in [0.717, 1.165) is 62.2 Å². The van der Waals surface area contributed by atoms with Gasteiger partial charge in [0.25, 0.3) is 0 Å². The molecule has 0 bridgehead atoms. The van der Waals surface area contributed by atoms with Gasteiger partial charge in [0.1, 0.15) is 11.8 Å². The third kappa shape index (κ3) is 3.21. The van der Waals surface area contributed by atoms with Gasteiger partial charge in [-0.3, -0.25) is 9.59 Å². The Hall–Kier alpha value is -2.48.